The SMILES string of the molecule is COCNC(=S)c1nccn1S(=O)(=O)N(C)C. The highest BCUT2D eigenvalue weighted by molar-refractivity contribution is 7.87. The van der Waals surface area contributed by atoms with E-state index in [1.54, 1.807) is 0 Å². The molecule has 0 bridgehead atoms. The second-order valence-corrected chi connectivity index (χ2v) is 5.70. The summed E-state index contributed by atoms with van der Waals surface area (Å²) in [4.78, 5) is 4.13. The third-order valence-electron chi connectivity index (χ3n) is 1.90. The number of aromatic nitrogens is 2. The molecule has 0 spiro atoms. The van der Waals surface area contributed by atoms with Crippen LogP contribution in [0.15, 0.2) is 12.4 Å². The quantitative estimate of drug-likeness (QED) is 0.573. The first-order valence-corrected chi connectivity index (χ1v) is 6.45. The number of hydrogen-bond acceptors (Lipinski definition) is 5. The van der Waals surface area contributed by atoms with Crippen LogP contribution in [-0.4, -0.2) is 54.6 Å². The molecule has 0 amide bonds. The van der Waals surface area contributed by atoms with Gasteiger partial charge in [0, 0.05) is 33.6 Å². The maximum Gasteiger partial charge on any atom is 0.308 e. The number of rotatable bonds is 5. The number of nitrogens with one attached hydrogen (secondary N) is 1. The van der Waals surface area contributed by atoms with E-state index in [2.05, 4.69) is 10.3 Å². The summed E-state index contributed by atoms with van der Waals surface area (Å²) >= 11 is 5.03. The van der Waals surface area contributed by atoms with E-state index in [9.17, 15) is 8.42 Å². The summed E-state index contributed by atoms with van der Waals surface area (Å²) in [6.45, 7) is 0.188. The Labute approximate surface area is 106 Å². The molecule has 0 fully saturated rings. The molecule has 0 atom stereocenters. The van der Waals surface area contributed by atoms with Gasteiger partial charge in [-0.05, 0) is 0 Å². The molecule has 0 aliphatic rings. The molecule has 0 saturated carbocycles. The van der Waals surface area contributed by atoms with Crippen LogP contribution in [0, 0.1) is 0 Å². The molecule has 0 radical (unpaired) electrons. The van der Waals surface area contributed by atoms with E-state index in [0.29, 0.717) is 0 Å². The molecule has 1 aromatic heterocycles. The van der Waals surface area contributed by atoms with Gasteiger partial charge in [0.1, 0.15) is 11.7 Å². The normalized spacial score (nSPS) is 11.8. The predicted molar refractivity (Wildman–Crippen MR) is 66.9 cm³/mol. The van der Waals surface area contributed by atoms with E-state index in [-0.39, 0.29) is 17.5 Å². The standard InChI is InChI=1S/C8H14N4O3S2/c1-11(2)17(13,14)12-5-4-9-7(12)8(16)10-6-15-3/h4-5H,6H2,1-3H3,(H,10,16). The van der Waals surface area contributed by atoms with Gasteiger partial charge in [0.2, 0.25) is 0 Å². The monoisotopic (exact) mass is 278 g/mol. The van der Waals surface area contributed by atoms with E-state index in [4.69, 9.17) is 17.0 Å². The maximum atomic E-state index is 11.9. The molecule has 0 aliphatic heterocycles. The Kier molecular flexibility index (Phi) is 4.57. The van der Waals surface area contributed by atoms with Crippen LogP contribution in [-0.2, 0) is 14.9 Å². The summed E-state index contributed by atoms with van der Waals surface area (Å²) in [6.07, 6.45) is 2.71. The van der Waals surface area contributed by atoms with Gasteiger partial charge in [-0.15, -0.1) is 0 Å². The molecule has 17 heavy (non-hydrogen) atoms. The Bertz CT molecular complexity index is 495. The van der Waals surface area contributed by atoms with Crippen molar-refractivity contribution in [3.8, 4) is 0 Å². The third-order valence-corrected chi connectivity index (χ3v) is 3.94. The molecule has 0 aliphatic carbocycles. The van der Waals surface area contributed by atoms with Gasteiger partial charge >= 0.3 is 10.2 Å². The summed E-state index contributed by atoms with van der Waals surface area (Å²) in [5.74, 6) is 0.158. The van der Waals surface area contributed by atoms with E-state index in [1.807, 2.05) is 0 Å². The van der Waals surface area contributed by atoms with Crippen LogP contribution in [0.5, 0.6) is 0 Å². The number of imidazole rings is 1. The van der Waals surface area contributed by atoms with Gasteiger partial charge < -0.3 is 10.1 Å². The number of nitrogens with zero attached hydrogens (tertiary/aromatic N) is 3. The molecule has 0 unspecified atom stereocenters. The largest absolute Gasteiger partial charge is 0.365 e. The molecule has 1 heterocycles. The van der Waals surface area contributed by atoms with Gasteiger partial charge in [0.25, 0.3) is 0 Å². The lowest BCUT2D eigenvalue weighted by molar-refractivity contribution is 0.193. The van der Waals surface area contributed by atoms with E-state index >= 15 is 0 Å². The molecule has 9 heteroatoms. The molecule has 96 valence electrons. The number of hydrogen-bond donors (Lipinski definition) is 1. The van der Waals surface area contributed by atoms with Crippen molar-refractivity contribution < 1.29 is 13.2 Å². The average Bonchev–Trinajstić information content (AvgIpc) is 2.74. The minimum absolute atomic E-state index is 0.158. The first kappa shape index (κ1) is 14.0. The Morgan fingerprint density at radius 2 is 2.29 bits per heavy atom. The van der Waals surface area contributed by atoms with Crippen LogP contribution in [0.3, 0.4) is 0 Å². The summed E-state index contributed by atoms with van der Waals surface area (Å²) < 4.78 is 30.7. The minimum atomic E-state index is -3.62. The molecule has 1 rings (SSSR count). The molecular weight excluding hydrogens is 264 g/mol. The summed E-state index contributed by atoms with van der Waals surface area (Å²) in [7, 11) is 0.754. The molecule has 0 aromatic carbocycles. The maximum absolute atomic E-state index is 11.9. The smallest absolute Gasteiger partial charge is 0.308 e. The Balaban J connectivity index is 3.06. The van der Waals surface area contributed by atoms with Crippen LogP contribution in [0.2, 0.25) is 0 Å². The highest BCUT2D eigenvalue weighted by Crippen LogP contribution is 2.06. The zero-order valence-corrected chi connectivity index (χ0v) is 11.4. The highest BCUT2D eigenvalue weighted by Gasteiger charge is 2.21. The van der Waals surface area contributed by atoms with Crippen molar-refractivity contribution in [2.75, 3.05) is 27.9 Å². The first-order valence-electron chi connectivity index (χ1n) is 4.64. The summed E-state index contributed by atoms with van der Waals surface area (Å²) in [5.41, 5.74) is 0. The Morgan fingerprint density at radius 3 is 2.82 bits per heavy atom. The van der Waals surface area contributed by atoms with Crippen molar-refractivity contribution in [3.63, 3.8) is 0 Å². The fourth-order valence-corrected chi connectivity index (χ4v) is 2.21. The zero-order valence-electron chi connectivity index (χ0n) is 9.74. The van der Waals surface area contributed by atoms with Crippen molar-refractivity contribution in [1.82, 2.24) is 18.6 Å². The summed E-state index contributed by atoms with van der Waals surface area (Å²) in [5, 5.41) is 2.73. The van der Waals surface area contributed by atoms with Crippen molar-refractivity contribution in [3.05, 3.63) is 18.2 Å². The zero-order chi connectivity index (χ0) is 13.1. The first-order chi connectivity index (χ1) is 7.91. The second-order valence-electron chi connectivity index (χ2n) is 3.28. The fraction of sp³-hybridized carbons (Fsp3) is 0.500. The van der Waals surface area contributed by atoms with E-state index in [0.717, 1.165) is 8.28 Å². The van der Waals surface area contributed by atoms with E-state index in [1.165, 1.54) is 33.6 Å². The van der Waals surface area contributed by atoms with Gasteiger partial charge in [-0.25, -0.2) is 8.96 Å². The molecule has 7 nitrogen and oxygen atoms in total. The molecule has 0 saturated heterocycles. The van der Waals surface area contributed by atoms with Gasteiger partial charge in [0.15, 0.2) is 5.82 Å². The lowest BCUT2D eigenvalue weighted by atomic mass is 10.6. The lowest BCUT2D eigenvalue weighted by Crippen LogP contribution is -2.34. The van der Waals surface area contributed by atoms with Gasteiger partial charge in [-0.1, -0.05) is 12.2 Å². The van der Waals surface area contributed by atoms with Crippen molar-refractivity contribution >= 4 is 27.4 Å². The number of thiocarbonyl (C=S) groups is 1. The predicted octanol–water partition coefficient (Wildman–Crippen LogP) is -0.593. The molecular formula is C8H14N4O3S2. The fourth-order valence-electron chi connectivity index (χ4n) is 1.03. The Morgan fingerprint density at radius 1 is 1.65 bits per heavy atom. The van der Waals surface area contributed by atoms with Crippen LogP contribution in [0.1, 0.15) is 5.82 Å². The van der Waals surface area contributed by atoms with Crippen LogP contribution >= 0.6 is 12.2 Å². The number of methoxy groups -OCH3 is 1. The van der Waals surface area contributed by atoms with Gasteiger partial charge in [-0.2, -0.15) is 12.7 Å². The van der Waals surface area contributed by atoms with Crippen LogP contribution in [0.25, 0.3) is 0 Å². The van der Waals surface area contributed by atoms with E-state index < -0.39 is 10.2 Å². The van der Waals surface area contributed by atoms with Crippen molar-refractivity contribution in [2.45, 2.75) is 0 Å². The second kappa shape index (κ2) is 5.54. The third kappa shape index (κ3) is 3.00. The van der Waals surface area contributed by atoms with Gasteiger partial charge in [-0.3, -0.25) is 0 Å². The summed E-state index contributed by atoms with van der Waals surface area (Å²) in [6, 6.07) is 0. The lowest BCUT2D eigenvalue weighted by Gasteiger charge is -2.14. The van der Waals surface area contributed by atoms with Crippen molar-refractivity contribution in [2.24, 2.45) is 0 Å². The highest BCUT2D eigenvalue weighted by atomic mass is 32.2. The topological polar surface area (TPSA) is 76.5 Å². The van der Waals surface area contributed by atoms with Crippen molar-refractivity contribution in [1.29, 1.82) is 0 Å². The van der Waals surface area contributed by atoms with Crippen LogP contribution in [0.4, 0.5) is 0 Å². The van der Waals surface area contributed by atoms with Gasteiger partial charge in [0.05, 0.1) is 0 Å². The average molecular weight is 278 g/mol. The molecule has 1 aromatic rings. The Hall–Kier alpha value is -1.03. The van der Waals surface area contributed by atoms with Crippen LogP contribution < -0.4 is 5.32 Å². The number of ether oxygens (including phenoxy) is 1. The minimum Gasteiger partial charge on any atom is -0.365 e. The molecule has 1 N–H and O–H groups in total.